The van der Waals surface area contributed by atoms with Crippen LogP contribution >= 0.6 is 11.6 Å². The summed E-state index contributed by atoms with van der Waals surface area (Å²) < 4.78 is 16.5. The van der Waals surface area contributed by atoms with Crippen molar-refractivity contribution in [1.29, 1.82) is 0 Å². The Bertz CT molecular complexity index is 986. The van der Waals surface area contributed by atoms with Gasteiger partial charge >= 0.3 is 5.97 Å². The van der Waals surface area contributed by atoms with Crippen LogP contribution in [0.25, 0.3) is 0 Å². The van der Waals surface area contributed by atoms with E-state index in [1.54, 1.807) is 38.1 Å². The third-order valence-corrected chi connectivity index (χ3v) is 4.93. The molecule has 0 aromatic heterocycles. The first-order chi connectivity index (χ1) is 14.8. The molecule has 8 heteroatoms. The number of halogens is 1. The lowest BCUT2D eigenvalue weighted by molar-refractivity contribution is -0.118. The molecule has 1 unspecified atom stereocenters. The van der Waals surface area contributed by atoms with E-state index in [1.807, 2.05) is 0 Å². The van der Waals surface area contributed by atoms with Crippen LogP contribution in [0.5, 0.6) is 11.5 Å². The van der Waals surface area contributed by atoms with Gasteiger partial charge < -0.3 is 19.5 Å². The molecule has 164 valence electrons. The van der Waals surface area contributed by atoms with E-state index in [-0.39, 0.29) is 28.2 Å². The molecule has 1 atom stereocenters. The van der Waals surface area contributed by atoms with Gasteiger partial charge in [-0.05, 0) is 43.3 Å². The molecular formula is C23H24ClNO6. The topological polar surface area (TPSA) is 90.9 Å². The quantitative estimate of drug-likeness (QED) is 0.519. The van der Waals surface area contributed by atoms with Gasteiger partial charge in [0.2, 0.25) is 11.7 Å². The molecular weight excluding hydrogens is 422 g/mol. The second-order valence-corrected chi connectivity index (χ2v) is 7.88. The van der Waals surface area contributed by atoms with Crippen molar-refractivity contribution in [2.24, 2.45) is 5.92 Å². The van der Waals surface area contributed by atoms with Crippen molar-refractivity contribution >= 4 is 34.9 Å². The zero-order chi connectivity index (χ0) is 22.5. The molecule has 0 bridgehead atoms. The predicted octanol–water partition coefficient (Wildman–Crippen LogP) is 4.52. The summed E-state index contributed by atoms with van der Waals surface area (Å²) in [4.78, 5) is 37.0. The van der Waals surface area contributed by atoms with Crippen LogP contribution < -0.4 is 14.8 Å². The number of anilines is 1. The Balaban J connectivity index is 1.67. The third kappa shape index (κ3) is 5.55. The van der Waals surface area contributed by atoms with Crippen LogP contribution in [0.2, 0.25) is 5.02 Å². The number of benzene rings is 2. The van der Waals surface area contributed by atoms with Gasteiger partial charge in [0, 0.05) is 23.6 Å². The number of hydrogen-bond acceptors (Lipinski definition) is 6. The summed E-state index contributed by atoms with van der Waals surface area (Å²) in [5, 5.41) is 3.00. The van der Waals surface area contributed by atoms with Crippen molar-refractivity contribution in [3.8, 4) is 11.5 Å². The summed E-state index contributed by atoms with van der Waals surface area (Å²) in [5.74, 6) is -0.566. The molecule has 0 saturated carbocycles. The van der Waals surface area contributed by atoms with Crippen LogP contribution in [0.4, 0.5) is 5.69 Å². The number of ether oxygens (including phenoxy) is 3. The van der Waals surface area contributed by atoms with E-state index in [4.69, 9.17) is 25.8 Å². The monoisotopic (exact) mass is 445 g/mol. The first-order valence-electron chi connectivity index (χ1n) is 10.0. The highest BCUT2D eigenvalue weighted by Crippen LogP contribution is 2.38. The number of amides is 1. The number of nitrogens with one attached hydrogen (secondary N) is 1. The van der Waals surface area contributed by atoms with Gasteiger partial charge in [-0.2, -0.15) is 0 Å². The van der Waals surface area contributed by atoms with E-state index in [9.17, 15) is 14.4 Å². The molecule has 31 heavy (non-hydrogen) atoms. The van der Waals surface area contributed by atoms with Crippen LogP contribution in [0, 0.1) is 5.92 Å². The van der Waals surface area contributed by atoms with Gasteiger partial charge in [0.1, 0.15) is 0 Å². The first-order valence-corrected chi connectivity index (χ1v) is 10.4. The van der Waals surface area contributed by atoms with E-state index in [0.717, 1.165) is 0 Å². The Kier molecular flexibility index (Phi) is 7.17. The lowest BCUT2D eigenvalue weighted by Crippen LogP contribution is -2.24. The zero-order valence-electron chi connectivity index (χ0n) is 17.6. The average Bonchev–Trinajstić information content (AvgIpc) is 2.99. The summed E-state index contributed by atoms with van der Waals surface area (Å²) in [7, 11) is 0. The van der Waals surface area contributed by atoms with Gasteiger partial charge in [0.05, 0.1) is 23.8 Å². The Morgan fingerprint density at radius 3 is 2.35 bits per heavy atom. The molecule has 1 aliphatic heterocycles. The van der Waals surface area contributed by atoms with Gasteiger partial charge in [-0.3, -0.25) is 9.59 Å². The third-order valence-electron chi connectivity index (χ3n) is 4.65. The molecule has 1 N–H and O–H groups in total. The molecule has 0 saturated heterocycles. The molecule has 0 fully saturated rings. The van der Waals surface area contributed by atoms with Crippen LogP contribution in [-0.4, -0.2) is 37.0 Å². The van der Waals surface area contributed by atoms with E-state index < -0.39 is 12.1 Å². The van der Waals surface area contributed by atoms with Crippen LogP contribution in [0.1, 0.15) is 47.9 Å². The number of fused-ring (bicyclic) bond motifs is 1. The number of rotatable bonds is 6. The van der Waals surface area contributed by atoms with E-state index in [2.05, 4.69) is 5.32 Å². The highest BCUT2D eigenvalue weighted by Gasteiger charge is 2.23. The number of esters is 1. The molecule has 1 heterocycles. The second kappa shape index (κ2) is 9.83. The zero-order valence-corrected chi connectivity index (χ0v) is 18.3. The van der Waals surface area contributed by atoms with Crippen molar-refractivity contribution in [3.63, 3.8) is 0 Å². The Morgan fingerprint density at radius 1 is 1.00 bits per heavy atom. The lowest BCUT2D eigenvalue weighted by atomic mass is 10.1. The fourth-order valence-electron chi connectivity index (χ4n) is 2.87. The van der Waals surface area contributed by atoms with Gasteiger partial charge in [0.25, 0.3) is 0 Å². The summed E-state index contributed by atoms with van der Waals surface area (Å²) in [6, 6.07) is 9.34. The smallest absolute Gasteiger partial charge is 0.339 e. The first kappa shape index (κ1) is 22.6. The van der Waals surface area contributed by atoms with E-state index in [1.165, 1.54) is 19.1 Å². The average molecular weight is 446 g/mol. The lowest BCUT2D eigenvalue weighted by Gasteiger charge is -2.15. The normalized spacial score (nSPS) is 13.8. The van der Waals surface area contributed by atoms with Crippen molar-refractivity contribution in [3.05, 3.63) is 52.5 Å². The summed E-state index contributed by atoms with van der Waals surface area (Å²) in [5.41, 5.74) is 1.11. The number of ketones is 1. The van der Waals surface area contributed by atoms with E-state index >= 15 is 0 Å². The maximum absolute atomic E-state index is 12.7. The number of hydrogen-bond donors (Lipinski definition) is 1. The van der Waals surface area contributed by atoms with Crippen molar-refractivity contribution in [1.82, 2.24) is 0 Å². The SMILES string of the molecule is CC(C)C(=O)Nc1ccc(C(=O)C(C)OC(=O)c2cc(Cl)c3c(c2)OCCCO3)cc1. The van der Waals surface area contributed by atoms with Crippen LogP contribution in [-0.2, 0) is 9.53 Å². The van der Waals surface area contributed by atoms with Crippen LogP contribution in [0.15, 0.2) is 36.4 Å². The number of Topliss-reactive ketones (excluding diaryl/α,β-unsaturated/α-hetero) is 1. The second-order valence-electron chi connectivity index (χ2n) is 7.47. The van der Waals surface area contributed by atoms with E-state index in [0.29, 0.717) is 42.4 Å². The maximum Gasteiger partial charge on any atom is 0.339 e. The molecule has 2 aromatic carbocycles. The summed E-state index contributed by atoms with van der Waals surface area (Å²) in [6.07, 6.45) is -0.311. The standard InChI is InChI=1S/C23H24ClNO6/c1-13(2)22(27)25-17-7-5-15(6-8-17)20(26)14(3)31-23(28)16-11-18(24)21-19(12-16)29-9-4-10-30-21/h5-8,11-14H,4,9-10H2,1-3H3,(H,25,27). The van der Waals surface area contributed by atoms with Gasteiger partial charge in [-0.1, -0.05) is 25.4 Å². The molecule has 0 radical (unpaired) electrons. The number of carbonyl (C=O) groups excluding carboxylic acids is 3. The molecule has 1 amide bonds. The minimum atomic E-state index is -1.02. The highest BCUT2D eigenvalue weighted by atomic mass is 35.5. The van der Waals surface area contributed by atoms with Crippen molar-refractivity contribution in [2.75, 3.05) is 18.5 Å². The minimum Gasteiger partial charge on any atom is -0.489 e. The Labute approximate surface area is 185 Å². The van der Waals surface area contributed by atoms with Gasteiger partial charge in [-0.15, -0.1) is 0 Å². The minimum absolute atomic E-state index is 0.116. The molecule has 2 aromatic rings. The van der Waals surface area contributed by atoms with Crippen molar-refractivity contribution < 1.29 is 28.6 Å². The fourth-order valence-corrected chi connectivity index (χ4v) is 3.14. The predicted molar refractivity (Wildman–Crippen MR) is 116 cm³/mol. The largest absolute Gasteiger partial charge is 0.489 e. The molecule has 1 aliphatic rings. The molecule has 7 nitrogen and oxygen atoms in total. The van der Waals surface area contributed by atoms with Crippen LogP contribution in [0.3, 0.4) is 0 Å². The number of carbonyl (C=O) groups is 3. The fraction of sp³-hybridized carbons (Fsp3) is 0.348. The van der Waals surface area contributed by atoms with Gasteiger partial charge in [-0.25, -0.2) is 4.79 Å². The summed E-state index contributed by atoms with van der Waals surface area (Å²) >= 11 is 6.22. The Morgan fingerprint density at radius 2 is 1.68 bits per heavy atom. The summed E-state index contributed by atoms with van der Waals surface area (Å²) in [6.45, 7) is 6.01. The van der Waals surface area contributed by atoms with Crippen molar-refractivity contribution in [2.45, 2.75) is 33.3 Å². The molecule has 0 aliphatic carbocycles. The molecule has 3 rings (SSSR count). The Hall–Kier alpha value is -3.06. The van der Waals surface area contributed by atoms with Gasteiger partial charge in [0.15, 0.2) is 17.6 Å². The highest BCUT2D eigenvalue weighted by molar-refractivity contribution is 6.32. The molecule has 0 spiro atoms. The maximum atomic E-state index is 12.7.